The standard InChI is InChI=1S/C57H94O6/c1-4-7-10-13-16-19-22-24-26-27-28-29-31-32-35-38-41-44-47-50-56(59)62-53-54(52-61-55(58)49-46-43-40-37-34-21-18-15-12-9-6-3)63-57(60)51-48-45-42-39-36-33-30-25-23-20-17-14-11-8-5-2/h7,9-10,12,16,18-19,21,24,26,28-29,32,35,37,40,54H,4-6,8,11,13-15,17,20,22-23,25,27,30-31,33-34,36,38-39,41-53H2,1-3H3/b10-7-,12-9-,19-16-,21-18-,26-24-,29-28-,35-32-,40-37-. The van der Waals surface area contributed by atoms with E-state index in [2.05, 4.69) is 118 Å². The Hall–Kier alpha value is -3.67. The monoisotopic (exact) mass is 875 g/mol. The van der Waals surface area contributed by atoms with Gasteiger partial charge in [-0.15, -0.1) is 0 Å². The van der Waals surface area contributed by atoms with Crippen LogP contribution in [0.1, 0.15) is 226 Å². The lowest BCUT2D eigenvalue weighted by Gasteiger charge is -2.18. The average molecular weight is 875 g/mol. The van der Waals surface area contributed by atoms with Crippen molar-refractivity contribution in [2.75, 3.05) is 13.2 Å². The first kappa shape index (κ1) is 59.3. The Balaban J connectivity index is 4.46. The minimum absolute atomic E-state index is 0.110. The second-order valence-corrected chi connectivity index (χ2v) is 16.7. The smallest absolute Gasteiger partial charge is 0.306 e. The lowest BCUT2D eigenvalue weighted by Crippen LogP contribution is -2.30. The van der Waals surface area contributed by atoms with E-state index in [0.29, 0.717) is 19.3 Å². The molecule has 1 atom stereocenters. The zero-order valence-electron chi connectivity index (χ0n) is 40.8. The van der Waals surface area contributed by atoms with Crippen LogP contribution in [0.4, 0.5) is 0 Å². The SMILES string of the molecule is CC/C=C\C/C=C\C/C=C\C/C=C\C/C=C\CCCCCC(=O)OCC(COC(=O)CCC/C=C\C/C=C\C/C=C\CC)OC(=O)CCCCCCCCCCCCCCCCC. The summed E-state index contributed by atoms with van der Waals surface area (Å²) in [6.45, 7) is 6.33. The largest absolute Gasteiger partial charge is 0.462 e. The van der Waals surface area contributed by atoms with Crippen molar-refractivity contribution in [2.45, 2.75) is 232 Å². The van der Waals surface area contributed by atoms with Crippen LogP contribution in [-0.4, -0.2) is 37.2 Å². The number of rotatable bonds is 45. The summed E-state index contributed by atoms with van der Waals surface area (Å²) >= 11 is 0. The Morgan fingerprint density at radius 2 is 0.635 bits per heavy atom. The van der Waals surface area contributed by atoms with E-state index < -0.39 is 6.10 Å². The molecule has 0 saturated heterocycles. The average Bonchev–Trinajstić information content (AvgIpc) is 3.28. The Kier molecular flexibility index (Phi) is 48.0. The molecule has 0 aromatic rings. The fourth-order valence-electron chi connectivity index (χ4n) is 6.79. The van der Waals surface area contributed by atoms with E-state index in [1.54, 1.807) is 0 Å². The second kappa shape index (κ2) is 51.0. The Morgan fingerprint density at radius 3 is 1.03 bits per heavy atom. The second-order valence-electron chi connectivity index (χ2n) is 16.7. The van der Waals surface area contributed by atoms with Gasteiger partial charge in [0.1, 0.15) is 13.2 Å². The topological polar surface area (TPSA) is 78.9 Å². The molecule has 0 saturated carbocycles. The molecule has 0 aromatic carbocycles. The zero-order valence-corrected chi connectivity index (χ0v) is 40.8. The summed E-state index contributed by atoms with van der Waals surface area (Å²) in [4.78, 5) is 37.9. The van der Waals surface area contributed by atoms with Crippen LogP contribution in [-0.2, 0) is 28.6 Å². The van der Waals surface area contributed by atoms with Crippen LogP contribution >= 0.6 is 0 Å². The van der Waals surface area contributed by atoms with Crippen molar-refractivity contribution in [2.24, 2.45) is 0 Å². The van der Waals surface area contributed by atoms with Gasteiger partial charge >= 0.3 is 17.9 Å². The van der Waals surface area contributed by atoms with Gasteiger partial charge in [0.25, 0.3) is 0 Å². The maximum atomic E-state index is 12.8. The first-order valence-corrected chi connectivity index (χ1v) is 25.7. The molecule has 0 aliphatic heterocycles. The van der Waals surface area contributed by atoms with Crippen LogP contribution in [0.25, 0.3) is 0 Å². The minimum atomic E-state index is -0.809. The van der Waals surface area contributed by atoms with Crippen LogP contribution in [0.3, 0.4) is 0 Å². The van der Waals surface area contributed by atoms with Crippen LogP contribution in [0, 0.1) is 0 Å². The summed E-state index contributed by atoms with van der Waals surface area (Å²) in [5.74, 6) is -0.996. The van der Waals surface area contributed by atoms with Gasteiger partial charge in [-0.05, 0) is 89.9 Å². The molecule has 0 aliphatic rings. The molecule has 6 nitrogen and oxygen atoms in total. The summed E-state index contributed by atoms with van der Waals surface area (Å²) in [7, 11) is 0. The molecule has 0 bridgehead atoms. The number of unbranched alkanes of at least 4 members (excludes halogenated alkanes) is 18. The van der Waals surface area contributed by atoms with E-state index in [4.69, 9.17) is 14.2 Å². The van der Waals surface area contributed by atoms with Crippen LogP contribution < -0.4 is 0 Å². The summed E-state index contributed by atoms with van der Waals surface area (Å²) in [6.07, 6.45) is 66.9. The quantitative estimate of drug-likeness (QED) is 0.0262. The van der Waals surface area contributed by atoms with Gasteiger partial charge in [0.15, 0.2) is 6.10 Å². The molecule has 358 valence electrons. The Bertz CT molecular complexity index is 1280. The zero-order chi connectivity index (χ0) is 45.8. The maximum absolute atomic E-state index is 12.8. The summed E-state index contributed by atoms with van der Waals surface area (Å²) in [6, 6.07) is 0. The van der Waals surface area contributed by atoms with Gasteiger partial charge in [0.05, 0.1) is 0 Å². The highest BCUT2D eigenvalue weighted by atomic mass is 16.6. The van der Waals surface area contributed by atoms with Gasteiger partial charge in [-0.25, -0.2) is 0 Å². The van der Waals surface area contributed by atoms with E-state index >= 15 is 0 Å². The van der Waals surface area contributed by atoms with Crippen molar-refractivity contribution in [3.05, 3.63) is 97.2 Å². The predicted octanol–water partition coefficient (Wildman–Crippen LogP) is 17.0. The number of hydrogen-bond acceptors (Lipinski definition) is 6. The van der Waals surface area contributed by atoms with Crippen LogP contribution in [0.5, 0.6) is 0 Å². The number of allylic oxidation sites excluding steroid dienone is 16. The van der Waals surface area contributed by atoms with E-state index in [0.717, 1.165) is 103 Å². The molecule has 0 amide bonds. The summed E-state index contributed by atoms with van der Waals surface area (Å²) in [5.41, 5.74) is 0. The fraction of sp³-hybridized carbons (Fsp3) is 0.667. The molecule has 0 heterocycles. The number of carbonyl (C=O) groups excluding carboxylic acids is 3. The van der Waals surface area contributed by atoms with Crippen molar-refractivity contribution in [1.29, 1.82) is 0 Å². The molecular formula is C57H94O6. The van der Waals surface area contributed by atoms with E-state index in [1.165, 1.54) is 77.0 Å². The van der Waals surface area contributed by atoms with Crippen LogP contribution in [0.2, 0.25) is 0 Å². The van der Waals surface area contributed by atoms with Crippen molar-refractivity contribution >= 4 is 17.9 Å². The fourth-order valence-corrected chi connectivity index (χ4v) is 6.79. The number of ether oxygens (including phenoxy) is 3. The van der Waals surface area contributed by atoms with Gasteiger partial charge in [-0.3, -0.25) is 14.4 Å². The number of carbonyl (C=O) groups is 3. The minimum Gasteiger partial charge on any atom is -0.462 e. The number of esters is 3. The molecule has 6 heteroatoms. The Morgan fingerprint density at radius 1 is 0.333 bits per heavy atom. The van der Waals surface area contributed by atoms with Crippen molar-refractivity contribution in [3.63, 3.8) is 0 Å². The number of hydrogen-bond donors (Lipinski definition) is 0. The molecule has 0 spiro atoms. The normalized spacial score (nSPS) is 12.9. The lowest BCUT2D eigenvalue weighted by atomic mass is 10.0. The first-order chi connectivity index (χ1) is 31.0. The molecule has 0 aliphatic carbocycles. The van der Waals surface area contributed by atoms with Crippen molar-refractivity contribution in [1.82, 2.24) is 0 Å². The summed E-state index contributed by atoms with van der Waals surface area (Å²) < 4.78 is 16.7. The molecular weight excluding hydrogens is 781 g/mol. The van der Waals surface area contributed by atoms with E-state index in [-0.39, 0.29) is 37.5 Å². The highest BCUT2D eigenvalue weighted by molar-refractivity contribution is 5.71. The first-order valence-electron chi connectivity index (χ1n) is 25.7. The molecule has 0 rings (SSSR count). The molecule has 0 aromatic heterocycles. The maximum Gasteiger partial charge on any atom is 0.306 e. The van der Waals surface area contributed by atoms with Gasteiger partial charge < -0.3 is 14.2 Å². The molecule has 0 fully saturated rings. The van der Waals surface area contributed by atoms with E-state index in [1.807, 2.05) is 0 Å². The van der Waals surface area contributed by atoms with Crippen LogP contribution in [0.15, 0.2) is 97.2 Å². The highest BCUT2D eigenvalue weighted by Crippen LogP contribution is 2.15. The van der Waals surface area contributed by atoms with Gasteiger partial charge in [-0.2, -0.15) is 0 Å². The Labute approximate surface area is 387 Å². The van der Waals surface area contributed by atoms with Crippen molar-refractivity contribution in [3.8, 4) is 0 Å². The third-order valence-electron chi connectivity index (χ3n) is 10.6. The predicted molar refractivity (Wildman–Crippen MR) is 270 cm³/mol. The lowest BCUT2D eigenvalue weighted by molar-refractivity contribution is -0.167. The van der Waals surface area contributed by atoms with Gasteiger partial charge in [0, 0.05) is 19.3 Å². The summed E-state index contributed by atoms with van der Waals surface area (Å²) in [5, 5.41) is 0. The third kappa shape index (κ3) is 49.2. The van der Waals surface area contributed by atoms with E-state index in [9.17, 15) is 14.4 Å². The third-order valence-corrected chi connectivity index (χ3v) is 10.6. The van der Waals surface area contributed by atoms with Gasteiger partial charge in [-0.1, -0.05) is 214 Å². The molecule has 63 heavy (non-hydrogen) atoms. The molecule has 0 radical (unpaired) electrons. The van der Waals surface area contributed by atoms with Gasteiger partial charge in [0.2, 0.25) is 0 Å². The van der Waals surface area contributed by atoms with Crippen molar-refractivity contribution < 1.29 is 28.6 Å². The highest BCUT2D eigenvalue weighted by Gasteiger charge is 2.19. The molecule has 0 N–H and O–H groups in total. The molecule has 1 unspecified atom stereocenters.